The number of ketones is 2. The minimum atomic E-state index is -2.20. The summed E-state index contributed by atoms with van der Waals surface area (Å²) in [5, 5.41) is 0. The van der Waals surface area contributed by atoms with Crippen molar-refractivity contribution in [1.29, 1.82) is 0 Å². The van der Waals surface area contributed by atoms with Crippen LogP contribution in [0.4, 0.5) is 8.78 Å². The van der Waals surface area contributed by atoms with Crippen LogP contribution in [-0.2, 0) is 9.59 Å². The number of hydrogen-bond donors (Lipinski definition) is 0. The van der Waals surface area contributed by atoms with Crippen molar-refractivity contribution in [3.63, 3.8) is 0 Å². The fourth-order valence-corrected chi connectivity index (χ4v) is 4.31. The number of fused-ring (bicyclic) bond motifs is 1. The number of allylic oxidation sites excluding steroid dienone is 6. The Hall–Kier alpha value is -1.84. The average molecular weight is 304 g/mol. The zero-order valence-electron chi connectivity index (χ0n) is 12.2. The van der Waals surface area contributed by atoms with Crippen molar-refractivity contribution in [2.24, 2.45) is 23.7 Å². The Morgan fingerprint density at radius 1 is 1.05 bits per heavy atom. The Balaban J connectivity index is 2.15. The second kappa shape index (κ2) is 4.83. The normalized spacial score (nSPS) is 45.7. The van der Waals surface area contributed by atoms with Crippen molar-refractivity contribution in [1.82, 2.24) is 0 Å². The van der Waals surface area contributed by atoms with E-state index in [1.54, 1.807) is 18.2 Å². The molecule has 4 aliphatic carbocycles. The molecule has 2 bridgehead atoms. The van der Waals surface area contributed by atoms with Gasteiger partial charge >= 0.3 is 0 Å². The summed E-state index contributed by atoms with van der Waals surface area (Å²) in [5.41, 5.74) is -4.37. The Bertz CT molecular complexity index is 621. The molecule has 0 saturated heterocycles. The molecule has 0 spiro atoms. The van der Waals surface area contributed by atoms with E-state index in [1.165, 1.54) is 18.2 Å². The summed E-state index contributed by atoms with van der Waals surface area (Å²) in [6.07, 6.45) is 8.34. The number of rotatable bonds is 4. The van der Waals surface area contributed by atoms with Gasteiger partial charge in [-0.15, -0.1) is 13.2 Å². The monoisotopic (exact) mass is 304 g/mol. The molecule has 0 N–H and O–H groups in total. The molecule has 1 saturated carbocycles. The number of halogens is 2. The van der Waals surface area contributed by atoms with Gasteiger partial charge in [0.05, 0.1) is 0 Å². The van der Waals surface area contributed by atoms with Crippen LogP contribution in [0.15, 0.2) is 49.6 Å². The maximum atomic E-state index is 15.5. The average Bonchev–Trinajstić information content (AvgIpc) is 2.48. The van der Waals surface area contributed by atoms with Crippen LogP contribution in [0.3, 0.4) is 0 Å². The molecule has 0 radical (unpaired) electrons. The van der Waals surface area contributed by atoms with E-state index in [-0.39, 0.29) is 12.8 Å². The SMILES string of the molecule is C=CC[C@]1(F)C(=O)C=C[C@@H]2[C@H]1[C@@H]1C=C[C@H]2C(=O)[C@@]1(F)CC=C. The summed E-state index contributed by atoms with van der Waals surface area (Å²) >= 11 is 0. The molecule has 116 valence electrons. The fraction of sp³-hybridized carbons (Fsp3) is 0.444. The lowest BCUT2D eigenvalue weighted by Gasteiger charge is -2.54. The molecule has 0 heterocycles. The molecule has 0 aromatic rings. The quantitative estimate of drug-likeness (QED) is 0.747. The largest absolute Gasteiger partial charge is 0.295 e. The fourth-order valence-electron chi connectivity index (χ4n) is 4.31. The lowest BCUT2D eigenvalue weighted by Crippen LogP contribution is -2.64. The Morgan fingerprint density at radius 3 is 2.32 bits per heavy atom. The third-order valence-corrected chi connectivity index (χ3v) is 5.27. The van der Waals surface area contributed by atoms with E-state index in [0.717, 1.165) is 0 Å². The molecule has 4 heteroatoms. The number of carbonyl (C=O) groups excluding carboxylic acids is 2. The van der Waals surface area contributed by atoms with Crippen LogP contribution in [0.2, 0.25) is 0 Å². The van der Waals surface area contributed by atoms with Gasteiger partial charge < -0.3 is 0 Å². The molecule has 0 unspecified atom stereocenters. The molecule has 0 aliphatic heterocycles. The van der Waals surface area contributed by atoms with Gasteiger partial charge in [0.2, 0.25) is 0 Å². The van der Waals surface area contributed by atoms with Crippen LogP contribution in [0.25, 0.3) is 0 Å². The zero-order valence-corrected chi connectivity index (χ0v) is 12.2. The van der Waals surface area contributed by atoms with Crippen LogP contribution in [0, 0.1) is 23.7 Å². The molecule has 2 nitrogen and oxygen atoms in total. The van der Waals surface area contributed by atoms with Gasteiger partial charge in [0.1, 0.15) is 0 Å². The van der Waals surface area contributed by atoms with Gasteiger partial charge in [-0.2, -0.15) is 0 Å². The lowest BCUT2D eigenvalue weighted by molar-refractivity contribution is -0.160. The first-order valence-electron chi connectivity index (χ1n) is 7.45. The van der Waals surface area contributed by atoms with E-state index in [4.69, 9.17) is 0 Å². The van der Waals surface area contributed by atoms with Crippen LogP contribution in [0.5, 0.6) is 0 Å². The maximum Gasteiger partial charge on any atom is 0.193 e. The molecule has 4 aliphatic rings. The predicted molar refractivity (Wildman–Crippen MR) is 79.6 cm³/mol. The van der Waals surface area contributed by atoms with Gasteiger partial charge in [0, 0.05) is 30.6 Å². The van der Waals surface area contributed by atoms with Crippen molar-refractivity contribution in [3.8, 4) is 0 Å². The van der Waals surface area contributed by atoms with Crippen molar-refractivity contribution >= 4 is 11.6 Å². The van der Waals surface area contributed by atoms with Crippen LogP contribution >= 0.6 is 0 Å². The minimum absolute atomic E-state index is 0.164. The maximum absolute atomic E-state index is 15.5. The topological polar surface area (TPSA) is 34.1 Å². The Morgan fingerprint density at radius 2 is 1.68 bits per heavy atom. The highest BCUT2D eigenvalue weighted by Gasteiger charge is 2.66. The number of hydrogen-bond acceptors (Lipinski definition) is 2. The molecule has 22 heavy (non-hydrogen) atoms. The van der Waals surface area contributed by atoms with Crippen LogP contribution in [-0.4, -0.2) is 22.9 Å². The third-order valence-electron chi connectivity index (χ3n) is 5.27. The smallest absolute Gasteiger partial charge is 0.193 e. The Kier molecular flexibility index (Phi) is 3.31. The summed E-state index contributed by atoms with van der Waals surface area (Å²) in [6, 6.07) is 0. The van der Waals surface area contributed by atoms with E-state index in [2.05, 4.69) is 13.2 Å². The molecule has 0 aromatic carbocycles. The van der Waals surface area contributed by atoms with Crippen molar-refractivity contribution in [3.05, 3.63) is 49.6 Å². The van der Waals surface area contributed by atoms with Gasteiger partial charge in [-0.1, -0.05) is 30.4 Å². The molecule has 4 rings (SSSR count). The molecule has 1 fully saturated rings. The first-order valence-corrected chi connectivity index (χ1v) is 7.45. The van der Waals surface area contributed by atoms with E-state index in [1.807, 2.05) is 0 Å². The highest BCUT2D eigenvalue weighted by atomic mass is 19.1. The Labute approximate surface area is 128 Å². The second-order valence-corrected chi connectivity index (χ2v) is 6.34. The van der Waals surface area contributed by atoms with Gasteiger partial charge in [-0.25, -0.2) is 8.78 Å². The lowest BCUT2D eigenvalue weighted by atomic mass is 9.49. The standard InChI is InChI=1S/C18H18F2O2/c1-3-9-17(19)13-7-5-12(16(17)22)11-6-8-14(21)18(20,10-4-2)15(11)13/h3-8,11-13,15H,1-2,9-10H2/t11-,12+,13-,15-,17+,18-/m0/s1. The molecule has 0 amide bonds. The van der Waals surface area contributed by atoms with Crippen molar-refractivity contribution < 1.29 is 18.4 Å². The first kappa shape index (κ1) is 15.1. The molecular weight excluding hydrogens is 286 g/mol. The summed E-state index contributed by atoms with van der Waals surface area (Å²) in [6.45, 7) is 7.01. The predicted octanol–water partition coefficient (Wildman–Crippen LogP) is 3.31. The van der Waals surface area contributed by atoms with E-state index in [9.17, 15) is 9.59 Å². The van der Waals surface area contributed by atoms with Gasteiger partial charge in [0.15, 0.2) is 22.9 Å². The summed E-state index contributed by atoms with van der Waals surface area (Å²) in [5.74, 6) is -4.21. The number of Topliss-reactive ketones (excluding diaryl/α,β-unsaturated/α-hetero) is 1. The van der Waals surface area contributed by atoms with Crippen LogP contribution in [0.1, 0.15) is 12.8 Å². The molecule has 0 aromatic heterocycles. The van der Waals surface area contributed by atoms with E-state index < -0.39 is 46.6 Å². The minimum Gasteiger partial charge on any atom is -0.295 e. The molecule has 6 atom stereocenters. The number of alkyl halides is 2. The highest BCUT2D eigenvalue weighted by Crippen LogP contribution is 2.58. The summed E-state index contributed by atoms with van der Waals surface area (Å²) in [4.78, 5) is 24.6. The highest BCUT2D eigenvalue weighted by molar-refractivity contribution is 6.01. The zero-order chi connectivity index (χ0) is 16.1. The second-order valence-electron chi connectivity index (χ2n) is 6.34. The van der Waals surface area contributed by atoms with Gasteiger partial charge in [0.25, 0.3) is 0 Å². The summed E-state index contributed by atoms with van der Waals surface area (Å²) < 4.78 is 30.8. The van der Waals surface area contributed by atoms with Crippen LogP contribution < -0.4 is 0 Å². The first-order chi connectivity index (χ1) is 10.4. The third kappa shape index (κ3) is 1.70. The molecular formula is C18H18F2O2. The van der Waals surface area contributed by atoms with Crippen molar-refractivity contribution in [2.75, 3.05) is 0 Å². The summed E-state index contributed by atoms with van der Waals surface area (Å²) in [7, 11) is 0. The number of carbonyl (C=O) groups is 2. The van der Waals surface area contributed by atoms with Crippen molar-refractivity contribution in [2.45, 2.75) is 24.2 Å². The van der Waals surface area contributed by atoms with Gasteiger partial charge in [-0.3, -0.25) is 9.59 Å². The van der Waals surface area contributed by atoms with Gasteiger partial charge in [-0.05, 0) is 12.0 Å². The van der Waals surface area contributed by atoms with E-state index in [0.29, 0.717) is 0 Å². The van der Waals surface area contributed by atoms with E-state index >= 15 is 8.78 Å².